The Morgan fingerprint density at radius 3 is 2.22 bits per heavy atom. The summed E-state index contributed by atoms with van der Waals surface area (Å²) < 4.78 is 47.9. The van der Waals surface area contributed by atoms with Crippen molar-refractivity contribution in [2.75, 3.05) is 33.4 Å². The molecule has 1 aromatic rings. The molecule has 404 valence electrons. The number of esters is 2. The predicted octanol–water partition coefficient (Wildman–Crippen LogP) is 5.28. The zero-order chi connectivity index (χ0) is 52.1. The van der Waals surface area contributed by atoms with Gasteiger partial charge in [-0.15, -0.1) is 0 Å². The molecule has 18 nitrogen and oxygen atoms in total. The molecule has 0 radical (unpaired) electrons. The van der Waals surface area contributed by atoms with Crippen LogP contribution in [0.25, 0.3) is 0 Å². The van der Waals surface area contributed by atoms with E-state index in [1.165, 1.54) is 31.7 Å². The average Bonchev–Trinajstić information content (AvgIpc) is 3.58. The summed E-state index contributed by atoms with van der Waals surface area (Å²) in [6.07, 6.45) is -1.96. The molecular weight excluding hydrogens is 933 g/mol. The van der Waals surface area contributed by atoms with Crippen LogP contribution in [0.1, 0.15) is 135 Å². The summed E-state index contributed by atoms with van der Waals surface area (Å²) in [5, 5.41) is 49.8. The highest BCUT2D eigenvalue weighted by Gasteiger charge is 2.70. The van der Waals surface area contributed by atoms with Crippen LogP contribution < -0.4 is 15.8 Å². The molecule has 0 spiro atoms. The third-order valence-corrected chi connectivity index (χ3v) is 17.4. The van der Waals surface area contributed by atoms with Gasteiger partial charge in [0.2, 0.25) is 0 Å². The Morgan fingerprint density at radius 2 is 1.54 bits per heavy atom. The van der Waals surface area contributed by atoms with Crippen LogP contribution in [0, 0.1) is 40.4 Å². The number of methoxy groups -OCH3 is 1. The molecule has 18 heteroatoms. The summed E-state index contributed by atoms with van der Waals surface area (Å²) in [5.74, 6) is -1.57. The fourth-order valence-corrected chi connectivity index (χ4v) is 13.2. The van der Waals surface area contributed by atoms with Crippen molar-refractivity contribution in [2.45, 2.75) is 192 Å². The number of amides is 1. The molecule has 6 aliphatic rings. The number of allylic oxidation sites excluding steroid dienone is 1. The highest BCUT2D eigenvalue weighted by molar-refractivity contribution is 5.89. The van der Waals surface area contributed by atoms with Gasteiger partial charge in [0, 0.05) is 37.6 Å². The molecular formula is C54H82N2O16. The Kier molecular flexibility index (Phi) is 18.6. The number of alkyl carbamates (subject to hydrolysis) is 1. The molecule has 4 aliphatic carbocycles. The smallest absolute Gasteiger partial charge is 0.407 e. The number of ketones is 1. The van der Waals surface area contributed by atoms with Gasteiger partial charge in [0.1, 0.15) is 47.7 Å². The zero-order valence-electron chi connectivity index (χ0n) is 43.3. The highest BCUT2D eigenvalue weighted by Crippen LogP contribution is 2.69. The molecule has 0 aromatic heterocycles. The van der Waals surface area contributed by atoms with Crippen molar-refractivity contribution >= 4 is 23.8 Å². The number of carbonyl (C=O) groups excluding carboxylic acids is 4. The Bertz CT molecular complexity index is 2050. The molecule has 0 bridgehead atoms. The van der Waals surface area contributed by atoms with Crippen LogP contribution in [-0.2, 0) is 42.7 Å². The van der Waals surface area contributed by atoms with Gasteiger partial charge >= 0.3 is 18.0 Å². The fraction of sp³-hybridized carbons (Fsp3) is 0.778. The van der Waals surface area contributed by atoms with E-state index in [0.29, 0.717) is 44.5 Å². The van der Waals surface area contributed by atoms with Crippen molar-refractivity contribution in [3.63, 3.8) is 0 Å². The number of fused-ring (bicyclic) bond motifs is 5. The first-order valence-corrected chi connectivity index (χ1v) is 26.4. The van der Waals surface area contributed by atoms with Crippen LogP contribution in [0.4, 0.5) is 4.79 Å². The molecule has 5 fully saturated rings. The maximum Gasteiger partial charge on any atom is 0.407 e. The molecule has 1 amide bonds. The van der Waals surface area contributed by atoms with Crippen LogP contribution in [0.2, 0.25) is 0 Å². The Hall–Kier alpha value is -3.72. The van der Waals surface area contributed by atoms with Crippen molar-refractivity contribution in [3.8, 4) is 5.75 Å². The highest BCUT2D eigenvalue weighted by atomic mass is 16.8. The van der Waals surface area contributed by atoms with Crippen LogP contribution in [0.3, 0.4) is 0 Å². The van der Waals surface area contributed by atoms with E-state index in [0.717, 1.165) is 51.4 Å². The lowest BCUT2D eigenvalue weighted by Crippen LogP contribution is -2.64. The summed E-state index contributed by atoms with van der Waals surface area (Å²) in [5.41, 5.74) is 4.33. The number of carbonyl (C=O) groups is 4. The lowest BCUT2D eigenvalue weighted by Gasteiger charge is -2.59. The molecule has 9 unspecified atom stereocenters. The summed E-state index contributed by atoms with van der Waals surface area (Å²) in [6.45, 7) is 11.9. The van der Waals surface area contributed by atoms with Crippen LogP contribution >= 0.6 is 0 Å². The van der Waals surface area contributed by atoms with E-state index in [4.69, 9.17) is 43.6 Å². The minimum Gasteiger partial charge on any atom is -0.497 e. The minimum absolute atomic E-state index is 0.0845. The number of aliphatic hydroxyl groups excluding tert-OH is 3. The number of rotatable bonds is 20. The molecule has 3 saturated carbocycles. The van der Waals surface area contributed by atoms with Gasteiger partial charge in [-0.1, -0.05) is 59.1 Å². The molecule has 7 N–H and O–H groups in total. The normalized spacial score (nSPS) is 37.8. The zero-order valence-corrected chi connectivity index (χ0v) is 43.3. The number of Topliss-reactive ketones (excluding diaryl/α,β-unsaturated/α-hetero) is 1. The number of unbranched alkanes of at least 4 members (excludes halogenated alkanes) is 3. The maximum atomic E-state index is 14.3. The van der Waals surface area contributed by atoms with Crippen molar-refractivity contribution in [2.24, 2.45) is 46.2 Å². The number of nitrogens with one attached hydrogen (secondary N) is 1. The quantitative estimate of drug-likeness (QED) is 0.0420. The van der Waals surface area contributed by atoms with Gasteiger partial charge in [0.15, 0.2) is 24.8 Å². The van der Waals surface area contributed by atoms with Crippen molar-refractivity contribution < 1.29 is 77.5 Å². The second kappa shape index (κ2) is 23.9. The molecule has 2 aliphatic heterocycles. The van der Waals surface area contributed by atoms with E-state index >= 15 is 0 Å². The van der Waals surface area contributed by atoms with Gasteiger partial charge in [-0.25, -0.2) is 9.59 Å². The van der Waals surface area contributed by atoms with Crippen LogP contribution in [0.5, 0.6) is 5.75 Å². The summed E-state index contributed by atoms with van der Waals surface area (Å²) in [7, 11) is 1.48. The second-order valence-corrected chi connectivity index (χ2v) is 22.2. The van der Waals surface area contributed by atoms with Gasteiger partial charge < -0.3 is 69.4 Å². The van der Waals surface area contributed by atoms with E-state index in [-0.39, 0.29) is 65.7 Å². The van der Waals surface area contributed by atoms with Crippen molar-refractivity contribution in [1.29, 1.82) is 0 Å². The summed E-state index contributed by atoms with van der Waals surface area (Å²) in [4.78, 5) is 53.5. The Morgan fingerprint density at radius 1 is 0.847 bits per heavy atom. The number of nitrogens with two attached hydrogens (primary N) is 1. The largest absolute Gasteiger partial charge is 0.497 e. The van der Waals surface area contributed by atoms with E-state index in [1.807, 2.05) is 0 Å². The third kappa shape index (κ3) is 11.7. The van der Waals surface area contributed by atoms with Gasteiger partial charge in [0.25, 0.3) is 0 Å². The number of ether oxygens (including phenoxy) is 8. The Labute approximate surface area is 424 Å². The van der Waals surface area contributed by atoms with Gasteiger partial charge in [0.05, 0.1) is 32.0 Å². The molecule has 7 rings (SSSR count). The number of hydrogen-bond acceptors (Lipinski definition) is 17. The van der Waals surface area contributed by atoms with Gasteiger partial charge in [-0.05, 0) is 118 Å². The van der Waals surface area contributed by atoms with Crippen molar-refractivity contribution in [3.05, 3.63) is 41.5 Å². The predicted molar refractivity (Wildman–Crippen MR) is 261 cm³/mol. The summed E-state index contributed by atoms with van der Waals surface area (Å²) in [6, 6.07) is 6.04. The van der Waals surface area contributed by atoms with E-state index in [2.05, 4.69) is 39.1 Å². The van der Waals surface area contributed by atoms with Crippen molar-refractivity contribution in [1.82, 2.24) is 5.32 Å². The standard InChI is InChI=1S/C54H82N2O16/c1-30(2)12-19-40(58)31(3)54(64)43(27-39-37-18-15-34-26-36(69-51(63)56-25-11-9-8-10-24-55)20-22-52(34,5)38(37)21-23-53(39,54)6)70-50-47(68-32(4)57)45(42(60)29-67-50)72-49-46(44(61)41(59)28-66-49)71-48(62)33-13-16-35(65-7)17-14-33/h13-17,30-31,36-39,41-47,49-50,59-61,64H,8-12,18-29,55H2,1-7H3,(H,56,63)/t31-,36+,37-,38?,39+,41?,42?,43+,44?,45?,46?,47?,49?,50?,52+,53+,54-/m1/s1. The van der Waals surface area contributed by atoms with Crippen LogP contribution in [0.15, 0.2) is 35.9 Å². The first kappa shape index (κ1) is 56.0. The number of benzene rings is 1. The lowest BCUT2D eigenvalue weighted by atomic mass is 9.46. The molecule has 2 heterocycles. The molecule has 2 saturated heterocycles. The van der Waals surface area contributed by atoms with E-state index in [9.17, 15) is 39.6 Å². The van der Waals surface area contributed by atoms with E-state index < -0.39 is 90.8 Å². The molecule has 1 aromatic carbocycles. The SMILES string of the molecule is COc1ccc(C(=O)OC2C(OC3C(O)COC(O[C@H]4C[C@H]5[C@@H]6CC=C7C[C@@H](OC(=O)NCCCCCCN)CC[C@]7(C)C6CC[C@]5(C)[C@@]4(O)[C@H](C)C(=O)CCC(C)C)C3OC(C)=O)OCC(O)C2O)cc1. The van der Waals surface area contributed by atoms with E-state index in [1.54, 1.807) is 19.1 Å². The number of aliphatic hydroxyl groups is 4. The molecule has 72 heavy (non-hydrogen) atoms. The monoisotopic (exact) mass is 1010 g/mol. The second-order valence-electron chi connectivity index (χ2n) is 22.2. The van der Waals surface area contributed by atoms with Gasteiger partial charge in [-0.3, -0.25) is 9.59 Å². The molecule has 17 atom stereocenters. The fourth-order valence-electron chi connectivity index (χ4n) is 13.2. The Balaban J connectivity index is 1.12. The van der Waals surface area contributed by atoms with Gasteiger partial charge in [-0.2, -0.15) is 0 Å². The summed E-state index contributed by atoms with van der Waals surface area (Å²) >= 11 is 0. The number of hydrogen-bond donors (Lipinski definition) is 6. The first-order chi connectivity index (χ1) is 34.2. The first-order valence-electron chi connectivity index (χ1n) is 26.4. The lowest BCUT2D eigenvalue weighted by molar-refractivity contribution is -0.345. The van der Waals surface area contributed by atoms with Crippen LogP contribution in [-0.4, -0.2) is 145 Å². The third-order valence-electron chi connectivity index (χ3n) is 17.4. The maximum absolute atomic E-state index is 14.3. The average molecular weight is 1020 g/mol. The topological polar surface area (TPSA) is 261 Å². The minimum atomic E-state index is -1.71.